The van der Waals surface area contributed by atoms with Crippen LogP contribution in [0, 0.1) is 23.6 Å². The van der Waals surface area contributed by atoms with Gasteiger partial charge >= 0.3 is 7.12 Å². The first-order valence-corrected chi connectivity index (χ1v) is 13.9. The summed E-state index contributed by atoms with van der Waals surface area (Å²) in [5.41, 5.74) is 4.71. The second kappa shape index (κ2) is 11.1. The van der Waals surface area contributed by atoms with Gasteiger partial charge in [0.2, 0.25) is 11.8 Å². The van der Waals surface area contributed by atoms with Crippen molar-refractivity contribution in [2.24, 2.45) is 17.8 Å². The highest BCUT2D eigenvalue weighted by atomic mass is 19.1. The molecule has 2 amide bonds. The maximum Gasteiger partial charge on any atom is 0.455 e. The third kappa shape index (κ3) is 5.11. The number of hydrogen-bond acceptors (Lipinski definition) is 6. The van der Waals surface area contributed by atoms with E-state index in [1.165, 1.54) is 17.0 Å². The molecule has 2 saturated heterocycles. The second-order valence-electron chi connectivity index (χ2n) is 11.0. The van der Waals surface area contributed by atoms with Gasteiger partial charge in [-0.2, -0.15) is 0 Å². The number of anilines is 1. The molecule has 6 rings (SSSR count). The number of aromatic hydroxyl groups is 1. The number of phenolic OH excluding ortho intramolecular Hbond substituents is 1. The SMILES string of the molecule is CC1=C2[C@@H](CC/C(=C/c3ccc(O)c(F)c3)c3ccccn3)OB(O)C[C@@H]2[C@@H]2C(=O)N(c3ccccc3)C(=O)[C@@H]2C1. The molecule has 2 aromatic carbocycles. The zero-order chi connectivity index (χ0) is 28.7. The minimum atomic E-state index is -1.07. The van der Waals surface area contributed by atoms with Crippen molar-refractivity contribution in [1.82, 2.24) is 4.98 Å². The average molecular weight is 552 g/mol. The number of rotatable bonds is 6. The molecule has 0 radical (unpaired) electrons. The molecule has 4 atom stereocenters. The molecule has 9 heteroatoms. The van der Waals surface area contributed by atoms with E-state index >= 15 is 0 Å². The molecule has 0 bridgehead atoms. The quantitative estimate of drug-likeness (QED) is 0.246. The fourth-order valence-electron chi connectivity index (χ4n) is 6.68. The van der Waals surface area contributed by atoms with Gasteiger partial charge in [0, 0.05) is 6.20 Å². The lowest BCUT2D eigenvalue weighted by molar-refractivity contribution is -0.122. The van der Waals surface area contributed by atoms with Crippen LogP contribution in [-0.2, 0) is 14.2 Å². The number of halogens is 1. The standard InChI is InChI=1S/C32H30BFN2O5/c1-19-15-23-30(32(39)36(31(23)38)22-7-3-2-4-8-22)24-18-33(40)41-28(29(19)24)13-11-21(26-9-5-6-14-35-26)16-20-10-12-27(37)25(34)17-20/h2-10,12,14,16-17,23-24,28,30,37,40H,11,13,15,18H2,1H3/b21-16-/t23-,24+,28-,30-/m1/s1. The van der Waals surface area contributed by atoms with E-state index in [1.807, 2.05) is 37.3 Å². The number of hydrogen-bond donors (Lipinski definition) is 2. The van der Waals surface area contributed by atoms with Crippen LogP contribution in [0.1, 0.15) is 37.4 Å². The maximum atomic E-state index is 14.1. The van der Waals surface area contributed by atoms with Crippen LogP contribution in [-0.4, -0.2) is 40.2 Å². The summed E-state index contributed by atoms with van der Waals surface area (Å²) in [6.07, 6.45) is 4.77. The van der Waals surface area contributed by atoms with Crippen molar-refractivity contribution in [2.75, 3.05) is 4.90 Å². The molecule has 3 heterocycles. The van der Waals surface area contributed by atoms with Crippen LogP contribution < -0.4 is 4.90 Å². The van der Waals surface area contributed by atoms with Gasteiger partial charge in [-0.1, -0.05) is 35.9 Å². The molecule has 1 aromatic heterocycles. The molecule has 2 N–H and O–H groups in total. The predicted octanol–water partition coefficient (Wildman–Crippen LogP) is 5.27. The van der Waals surface area contributed by atoms with Crippen molar-refractivity contribution < 1.29 is 28.8 Å². The molecule has 208 valence electrons. The van der Waals surface area contributed by atoms with Crippen molar-refractivity contribution in [3.8, 4) is 5.75 Å². The molecule has 7 nitrogen and oxygen atoms in total. The fraction of sp³-hybridized carbons (Fsp3) is 0.281. The van der Waals surface area contributed by atoms with E-state index in [9.17, 15) is 24.1 Å². The number of benzene rings is 2. The van der Waals surface area contributed by atoms with Gasteiger partial charge in [0.05, 0.1) is 29.3 Å². The molecule has 3 aliphatic rings. The molecular weight excluding hydrogens is 522 g/mol. The number of fused-ring (bicyclic) bond motifs is 3. The lowest BCUT2D eigenvalue weighted by Gasteiger charge is -2.42. The van der Waals surface area contributed by atoms with Crippen LogP contribution in [0.3, 0.4) is 0 Å². The summed E-state index contributed by atoms with van der Waals surface area (Å²) in [6, 6.07) is 18.8. The Balaban J connectivity index is 1.29. The predicted molar refractivity (Wildman–Crippen MR) is 154 cm³/mol. The van der Waals surface area contributed by atoms with E-state index in [0.29, 0.717) is 30.5 Å². The van der Waals surface area contributed by atoms with E-state index in [0.717, 1.165) is 22.4 Å². The zero-order valence-corrected chi connectivity index (χ0v) is 22.6. The van der Waals surface area contributed by atoms with E-state index < -0.39 is 36.6 Å². The number of para-hydroxylation sites is 1. The van der Waals surface area contributed by atoms with Crippen molar-refractivity contribution >= 4 is 36.3 Å². The Bertz CT molecular complexity index is 1540. The highest BCUT2D eigenvalue weighted by Gasteiger charge is 2.57. The Morgan fingerprint density at radius 3 is 2.61 bits per heavy atom. The lowest BCUT2D eigenvalue weighted by atomic mass is 9.58. The van der Waals surface area contributed by atoms with E-state index in [-0.39, 0.29) is 24.1 Å². The summed E-state index contributed by atoms with van der Waals surface area (Å²) < 4.78 is 20.1. The van der Waals surface area contributed by atoms with Crippen LogP contribution in [0.4, 0.5) is 10.1 Å². The Labute approximate surface area is 238 Å². The monoisotopic (exact) mass is 552 g/mol. The molecule has 2 fully saturated rings. The Kier molecular flexibility index (Phi) is 7.32. The Hall–Kier alpha value is -4.08. The van der Waals surface area contributed by atoms with Gasteiger partial charge in [0.15, 0.2) is 11.6 Å². The first kappa shape index (κ1) is 27.1. The smallest absolute Gasteiger partial charge is 0.455 e. The van der Waals surface area contributed by atoms with Crippen molar-refractivity contribution in [2.45, 2.75) is 38.6 Å². The number of carbonyl (C=O) groups is 2. The molecule has 2 aliphatic heterocycles. The topological polar surface area (TPSA) is 100.0 Å². The maximum absolute atomic E-state index is 14.1. The summed E-state index contributed by atoms with van der Waals surface area (Å²) in [7, 11) is -1.07. The third-order valence-electron chi connectivity index (χ3n) is 8.45. The van der Waals surface area contributed by atoms with E-state index in [1.54, 1.807) is 36.5 Å². The number of pyridine rings is 1. The van der Waals surface area contributed by atoms with Gasteiger partial charge in [-0.3, -0.25) is 19.5 Å². The molecular formula is C32H30BFN2O5. The Morgan fingerprint density at radius 2 is 1.88 bits per heavy atom. The summed E-state index contributed by atoms with van der Waals surface area (Å²) in [5, 5.41) is 20.4. The first-order chi connectivity index (χ1) is 19.8. The normalized spacial score (nSPS) is 24.5. The average Bonchev–Trinajstić information content (AvgIpc) is 3.22. The minimum Gasteiger partial charge on any atom is -0.505 e. The number of nitrogens with zero attached hydrogens (tertiary/aromatic N) is 2. The Morgan fingerprint density at radius 1 is 1.10 bits per heavy atom. The van der Waals surface area contributed by atoms with Gasteiger partial charge < -0.3 is 14.8 Å². The molecule has 41 heavy (non-hydrogen) atoms. The largest absolute Gasteiger partial charge is 0.505 e. The highest BCUT2D eigenvalue weighted by molar-refractivity contribution is 6.43. The third-order valence-corrected chi connectivity index (χ3v) is 8.45. The van der Waals surface area contributed by atoms with Gasteiger partial charge in [-0.25, -0.2) is 4.39 Å². The number of aromatic nitrogens is 1. The van der Waals surface area contributed by atoms with Gasteiger partial charge in [0.25, 0.3) is 0 Å². The van der Waals surface area contributed by atoms with Crippen LogP contribution in [0.5, 0.6) is 5.75 Å². The van der Waals surface area contributed by atoms with Crippen LogP contribution in [0.15, 0.2) is 84.1 Å². The molecule has 1 aliphatic carbocycles. The van der Waals surface area contributed by atoms with E-state index in [4.69, 9.17) is 4.65 Å². The van der Waals surface area contributed by atoms with E-state index in [2.05, 4.69) is 4.98 Å². The molecule has 3 aromatic rings. The van der Waals surface area contributed by atoms with Gasteiger partial charge in [0.1, 0.15) is 0 Å². The molecule has 0 unspecified atom stereocenters. The van der Waals surface area contributed by atoms with Crippen LogP contribution >= 0.6 is 0 Å². The highest BCUT2D eigenvalue weighted by Crippen LogP contribution is 2.51. The fourth-order valence-corrected chi connectivity index (χ4v) is 6.68. The molecule has 0 saturated carbocycles. The summed E-state index contributed by atoms with van der Waals surface area (Å²) in [6.45, 7) is 1.99. The number of phenols is 1. The van der Waals surface area contributed by atoms with Crippen molar-refractivity contribution in [1.29, 1.82) is 0 Å². The minimum absolute atomic E-state index is 0.191. The van der Waals surface area contributed by atoms with Crippen LogP contribution in [0.2, 0.25) is 6.32 Å². The number of imide groups is 1. The van der Waals surface area contributed by atoms with Crippen LogP contribution in [0.25, 0.3) is 11.6 Å². The lowest BCUT2D eigenvalue weighted by Crippen LogP contribution is -2.46. The van der Waals surface area contributed by atoms with Gasteiger partial charge in [-0.15, -0.1) is 0 Å². The summed E-state index contributed by atoms with van der Waals surface area (Å²) in [4.78, 5) is 33.0. The molecule has 0 spiro atoms. The van der Waals surface area contributed by atoms with Gasteiger partial charge in [-0.05, 0) is 97.6 Å². The first-order valence-electron chi connectivity index (χ1n) is 13.9. The second-order valence-corrected chi connectivity index (χ2v) is 11.0. The number of allylic oxidation sites excluding steroid dienone is 2. The summed E-state index contributed by atoms with van der Waals surface area (Å²) >= 11 is 0. The zero-order valence-electron chi connectivity index (χ0n) is 22.6. The number of carbonyl (C=O) groups excluding carboxylic acids is 2. The van der Waals surface area contributed by atoms with Crippen molar-refractivity contribution in [3.63, 3.8) is 0 Å². The van der Waals surface area contributed by atoms with Crippen molar-refractivity contribution in [3.05, 3.63) is 101 Å². The number of amides is 2. The summed E-state index contributed by atoms with van der Waals surface area (Å²) in [5.74, 6) is -2.86.